The van der Waals surface area contributed by atoms with Gasteiger partial charge in [-0.1, -0.05) is 54.9 Å². The number of hydrogen-bond acceptors (Lipinski definition) is 3. The summed E-state index contributed by atoms with van der Waals surface area (Å²) in [6, 6.07) is 14.6. The van der Waals surface area contributed by atoms with Crippen LogP contribution >= 0.6 is 11.6 Å². The highest BCUT2D eigenvalue weighted by atomic mass is 35.5. The zero-order valence-corrected chi connectivity index (χ0v) is 17.5. The van der Waals surface area contributed by atoms with Gasteiger partial charge in [0.05, 0.1) is 10.7 Å². The summed E-state index contributed by atoms with van der Waals surface area (Å²) in [5.41, 5.74) is 2.06. The van der Waals surface area contributed by atoms with Crippen LogP contribution in [0.15, 0.2) is 53.3 Å². The summed E-state index contributed by atoms with van der Waals surface area (Å²) in [7, 11) is 0. The van der Waals surface area contributed by atoms with Gasteiger partial charge in [-0.25, -0.2) is 9.67 Å². The molecule has 0 unspecified atom stereocenters. The van der Waals surface area contributed by atoms with Crippen molar-refractivity contribution >= 4 is 22.6 Å². The minimum Gasteiger partial charge on any atom is -0.286 e. The second kappa shape index (κ2) is 7.85. The van der Waals surface area contributed by atoms with Gasteiger partial charge < -0.3 is 0 Å². The molecule has 0 atom stereocenters. The summed E-state index contributed by atoms with van der Waals surface area (Å²) in [6.45, 7) is 1.98. The quantitative estimate of drug-likeness (QED) is 0.425. The fourth-order valence-corrected chi connectivity index (χ4v) is 3.69. The number of alkyl halides is 3. The van der Waals surface area contributed by atoms with E-state index in [9.17, 15) is 18.0 Å². The molecule has 0 amide bonds. The molecule has 0 saturated heterocycles. The topological polar surface area (TPSA) is 52.7 Å². The van der Waals surface area contributed by atoms with E-state index in [2.05, 4.69) is 10.1 Å². The first kappa shape index (κ1) is 21.1. The van der Waals surface area contributed by atoms with Gasteiger partial charge in [0.15, 0.2) is 5.52 Å². The van der Waals surface area contributed by atoms with Crippen LogP contribution in [0.1, 0.15) is 18.3 Å². The monoisotopic (exact) mass is 446 g/mol. The van der Waals surface area contributed by atoms with Gasteiger partial charge in [-0.15, -0.1) is 0 Å². The van der Waals surface area contributed by atoms with E-state index in [1.165, 1.54) is 11.6 Å². The summed E-state index contributed by atoms with van der Waals surface area (Å²) >= 11 is 6.37. The van der Waals surface area contributed by atoms with Crippen molar-refractivity contribution in [2.75, 3.05) is 0 Å². The minimum absolute atomic E-state index is 0.0417. The van der Waals surface area contributed by atoms with Crippen LogP contribution in [0.4, 0.5) is 13.2 Å². The van der Waals surface area contributed by atoms with Gasteiger partial charge in [0.1, 0.15) is 23.6 Å². The molecule has 5 nitrogen and oxygen atoms in total. The maximum absolute atomic E-state index is 13.0. The Bertz CT molecular complexity index is 1320. The normalized spacial score (nSPS) is 11.9. The lowest BCUT2D eigenvalue weighted by atomic mass is 10.1. The molecule has 0 saturated carbocycles. The van der Waals surface area contributed by atoms with E-state index >= 15 is 0 Å². The molecule has 160 valence electrons. The Kier molecular flexibility index (Phi) is 5.35. The lowest BCUT2D eigenvalue weighted by Gasteiger charge is -2.12. The van der Waals surface area contributed by atoms with Gasteiger partial charge in [-0.2, -0.15) is 18.3 Å². The number of para-hydroxylation sites is 1. The highest BCUT2D eigenvalue weighted by Crippen LogP contribution is 2.32. The number of aromatic nitrogens is 4. The molecule has 31 heavy (non-hydrogen) atoms. The average molecular weight is 447 g/mol. The summed E-state index contributed by atoms with van der Waals surface area (Å²) in [5, 5.41) is 4.75. The molecular formula is C22H18ClF3N4O. The number of benzene rings is 2. The number of aryl methyl sites for hydroxylation is 2. The largest absolute Gasteiger partial charge is 0.406 e. The first-order chi connectivity index (χ1) is 14.7. The van der Waals surface area contributed by atoms with E-state index in [4.69, 9.17) is 11.6 Å². The van der Waals surface area contributed by atoms with E-state index in [-0.39, 0.29) is 16.9 Å². The van der Waals surface area contributed by atoms with Gasteiger partial charge in [0.2, 0.25) is 0 Å². The molecular weight excluding hydrogens is 429 g/mol. The number of nitrogens with zero attached hydrogens (tertiary/aromatic N) is 4. The van der Waals surface area contributed by atoms with Crippen molar-refractivity contribution < 1.29 is 13.2 Å². The third-order valence-corrected chi connectivity index (χ3v) is 5.35. The molecule has 0 aliphatic rings. The fourth-order valence-electron chi connectivity index (χ4n) is 3.48. The third kappa shape index (κ3) is 3.95. The highest BCUT2D eigenvalue weighted by molar-refractivity contribution is 6.32. The molecule has 0 radical (unpaired) electrons. The van der Waals surface area contributed by atoms with Crippen molar-refractivity contribution in [3.8, 4) is 16.9 Å². The van der Waals surface area contributed by atoms with Gasteiger partial charge in [0.25, 0.3) is 5.56 Å². The highest BCUT2D eigenvalue weighted by Gasteiger charge is 2.31. The van der Waals surface area contributed by atoms with Crippen molar-refractivity contribution in [1.82, 2.24) is 19.3 Å². The first-order valence-electron chi connectivity index (χ1n) is 9.60. The molecule has 4 rings (SSSR count). The Labute approximate surface area is 180 Å². The van der Waals surface area contributed by atoms with Gasteiger partial charge in [-0.3, -0.25) is 9.36 Å². The molecule has 0 N–H and O–H groups in total. The Morgan fingerprint density at radius 3 is 2.32 bits per heavy atom. The van der Waals surface area contributed by atoms with Crippen molar-refractivity contribution in [3.63, 3.8) is 0 Å². The Morgan fingerprint density at radius 2 is 1.71 bits per heavy atom. The van der Waals surface area contributed by atoms with Gasteiger partial charge >= 0.3 is 6.18 Å². The summed E-state index contributed by atoms with van der Waals surface area (Å²) < 4.78 is 41.1. The smallest absolute Gasteiger partial charge is 0.286 e. The molecule has 2 aromatic heterocycles. The molecule has 0 bridgehead atoms. The van der Waals surface area contributed by atoms with Crippen molar-refractivity contribution in [3.05, 3.63) is 75.3 Å². The van der Waals surface area contributed by atoms with Crippen molar-refractivity contribution in [1.29, 1.82) is 0 Å². The van der Waals surface area contributed by atoms with Crippen molar-refractivity contribution in [2.45, 2.75) is 33.0 Å². The molecule has 2 aromatic carbocycles. The van der Waals surface area contributed by atoms with Crippen LogP contribution in [0.3, 0.4) is 0 Å². The predicted octanol–water partition coefficient (Wildman–Crippen LogP) is 5.34. The molecule has 4 aromatic rings. The summed E-state index contributed by atoms with van der Waals surface area (Å²) in [6.07, 6.45) is -3.71. The standard InChI is InChI=1S/C22H18ClF3N4O/c1-3-14-8-10-15(11-9-14)20-18-19(28-30(20)17-7-5-4-6-16(17)23)21(31)29(13(2)27-18)12-22(24,25)26/h4-11H,3,12H2,1-2H3. The molecule has 0 spiro atoms. The van der Waals surface area contributed by atoms with Crippen LogP contribution in [-0.2, 0) is 13.0 Å². The second-order valence-corrected chi connectivity index (χ2v) is 7.53. The van der Waals surface area contributed by atoms with Crippen LogP contribution < -0.4 is 5.56 Å². The Hall–Kier alpha value is -3.13. The Morgan fingerprint density at radius 1 is 1.03 bits per heavy atom. The lowest BCUT2D eigenvalue weighted by molar-refractivity contribution is -0.141. The van der Waals surface area contributed by atoms with Crippen LogP contribution in [0.25, 0.3) is 28.0 Å². The number of fused-ring (bicyclic) bond motifs is 1. The van der Waals surface area contributed by atoms with Crippen LogP contribution in [-0.4, -0.2) is 25.5 Å². The van der Waals surface area contributed by atoms with E-state index in [0.29, 0.717) is 21.0 Å². The maximum Gasteiger partial charge on any atom is 0.406 e. The van der Waals surface area contributed by atoms with Crippen molar-refractivity contribution in [2.24, 2.45) is 0 Å². The van der Waals surface area contributed by atoms with Crippen LogP contribution in [0.5, 0.6) is 0 Å². The molecule has 0 aliphatic carbocycles. The van der Waals surface area contributed by atoms with E-state index in [1.54, 1.807) is 24.3 Å². The summed E-state index contributed by atoms with van der Waals surface area (Å²) in [4.78, 5) is 17.3. The SMILES string of the molecule is CCc1ccc(-c2c3nc(C)n(CC(F)(F)F)c(=O)c3nn2-c2ccccc2Cl)cc1. The second-order valence-electron chi connectivity index (χ2n) is 7.13. The minimum atomic E-state index is -4.56. The van der Waals surface area contributed by atoms with E-state index in [0.717, 1.165) is 17.5 Å². The van der Waals surface area contributed by atoms with Gasteiger partial charge in [0, 0.05) is 5.56 Å². The fraction of sp³-hybridized carbons (Fsp3) is 0.227. The first-order valence-corrected chi connectivity index (χ1v) is 9.98. The van der Waals surface area contributed by atoms with Crippen LogP contribution in [0, 0.1) is 6.92 Å². The lowest BCUT2D eigenvalue weighted by Crippen LogP contribution is -2.30. The molecule has 0 aliphatic heterocycles. The van der Waals surface area contributed by atoms with E-state index < -0.39 is 18.3 Å². The number of hydrogen-bond donors (Lipinski definition) is 0. The van der Waals surface area contributed by atoms with E-state index in [1.807, 2.05) is 31.2 Å². The zero-order chi connectivity index (χ0) is 22.3. The predicted molar refractivity (Wildman–Crippen MR) is 114 cm³/mol. The van der Waals surface area contributed by atoms with Crippen LogP contribution in [0.2, 0.25) is 5.02 Å². The zero-order valence-electron chi connectivity index (χ0n) is 16.7. The molecule has 9 heteroatoms. The number of rotatable bonds is 4. The summed E-state index contributed by atoms with van der Waals surface area (Å²) in [5.74, 6) is -0.0417. The molecule has 2 heterocycles. The van der Waals surface area contributed by atoms with Gasteiger partial charge in [-0.05, 0) is 31.0 Å². The maximum atomic E-state index is 13.0. The molecule has 0 fully saturated rings. The number of halogens is 4. The third-order valence-electron chi connectivity index (χ3n) is 5.03. The Balaban J connectivity index is 2.06. The average Bonchev–Trinajstić information content (AvgIpc) is 3.10.